The summed E-state index contributed by atoms with van der Waals surface area (Å²) in [6, 6.07) is 15.5. The van der Waals surface area contributed by atoms with Crippen LogP contribution in [-0.4, -0.2) is 21.9 Å². The molecule has 0 unspecified atom stereocenters. The molecule has 1 aliphatic carbocycles. The Morgan fingerprint density at radius 3 is 2.67 bits per heavy atom. The number of aryl methyl sites for hydroxylation is 1. The average molecular weight is 376 g/mol. The molecule has 0 saturated heterocycles. The average Bonchev–Trinajstić information content (AvgIpc) is 2.88. The highest BCUT2D eigenvalue weighted by molar-refractivity contribution is 8.00. The van der Waals surface area contributed by atoms with Gasteiger partial charge in [0.05, 0.1) is 11.0 Å². The molecular weight excluding hydrogens is 356 g/mol. The standard InChI is InChI=1S/C22H20N2O2S/c1-15-9-11-16(12-10-15)20-14-22(17-5-4-6-18(13-17)24(25)26)27-21-8-3-2-7-19(21)23-20/h2-13,19,21-22H,14H2,1H3/t19-,21-,22-/m1/s1. The van der Waals surface area contributed by atoms with Gasteiger partial charge in [0.1, 0.15) is 0 Å². The molecule has 27 heavy (non-hydrogen) atoms. The van der Waals surface area contributed by atoms with Crippen molar-refractivity contribution in [2.45, 2.75) is 29.9 Å². The molecule has 136 valence electrons. The fourth-order valence-electron chi connectivity index (χ4n) is 3.44. The molecular formula is C22H20N2O2S. The van der Waals surface area contributed by atoms with Crippen LogP contribution in [0.3, 0.4) is 0 Å². The van der Waals surface area contributed by atoms with Crippen molar-refractivity contribution in [2.24, 2.45) is 4.99 Å². The number of benzene rings is 2. The molecule has 0 radical (unpaired) electrons. The Bertz CT molecular complexity index is 947. The molecule has 4 nitrogen and oxygen atoms in total. The van der Waals surface area contributed by atoms with E-state index in [4.69, 9.17) is 4.99 Å². The summed E-state index contributed by atoms with van der Waals surface area (Å²) in [4.78, 5) is 15.9. The van der Waals surface area contributed by atoms with Gasteiger partial charge in [0.2, 0.25) is 0 Å². The lowest BCUT2D eigenvalue weighted by Crippen LogP contribution is -2.19. The monoisotopic (exact) mass is 376 g/mol. The maximum absolute atomic E-state index is 11.2. The first-order valence-electron chi connectivity index (χ1n) is 8.99. The molecule has 2 aromatic rings. The molecule has 1 heterocycles. The van der Waals surface area contributed by atoms with E-state index < -0.39 is 0 Å². The number of allylic oxidation sites excluding steroid dienone is 2. The van der Waals surface area contributed by atoms with Crippen molar-refractivity contribution in [3.05, 3.63) is 99.6 Å². The zero-order chi connectivity index (χ0) is 18.8. The first-order valence-corrected chi connectivity index (χ1v) is 9.93. The van der Waals surface area contributed by atoms with Crippen molar-refractivity contribution in [1.82, 2.24) is 0 Å². The Kier molecular flexibility index (Phi) is 4.94. The first-order chi connectivity index (χ1) is 13.1. The van der Waals surface area contributed by atoms with Crippen molar-refractivity contribution < 1.29 is 4.92 Å². The second kappa shape index (κ2) is 7.53. The molecule has 4 rings (SSSR count). The largest absolute Gasteiger partial charge is 0.280 e. The number of nitrogens with zero attached hydrogens (tertiary/aromatic N) is 2. The Morgan fingerprint density at radius 1 is 1.11 bits per heavy atom. The van der Waals surface area contributed by atoms with E-state index >= 15 is 0 Å². The lowest BCUT2D eigenvalue weighted by molar-refractivity contribution is -0.384. The van der Waals surface area contributed by atoms with E-state index in [2.05, 4.69) is 49.4 Å². The number of fused-ring (bicyclic) bond motifs is 1. The van der Waals surface area contributed by atoms with Crippen molar-refractivity contribution in [3.63, 3.8) is 0 Å². The molecule has 0 aromatic heterocycles. The number of hydrogen-bond acceptors (Lipinski definition) is 4. The molecule has 1 aliphatic heterocycles. The zero-order valence-corrected chi connectivity index (χ0v) is 15.8. The van der Waals surface area contributed by atoms with E-state index in [9.17, 15) is 10.1 Å². The van der Waals surface area contributed by atoms with Gasteiger partial charge in [-0.15, -0.1) is 11.8 Å². The summed E-state index contributed by atoms with van der Waals surface area (Å²) in [5, 5.41) is 11.6. The van der Waals surface area contributed by atoms with Gasteiger partial charge in [-0.1, -0.05) is 66.3 Å². The van der Waals surface area contributed by atoms with E-state index in [-0.39, 0.29) is 27.2 Å². The normalized spacial score (nSPS) is 24.0. The van der Waals surface area contributed by atoms with Gasteiger partial charge in [0.25, 0.3) is 5.69 Å². The molecule has 0 saturated carbocycles. The van der Waals surface area contributed by atoms with Crippen molar-refractivity contribution in [2.75, 3.05) is 0 Å². The van der Waals surface area contributed by atoms with Crippen LogP contribution in [0.15, 0.2) is 77.8 Å². The Labute approximate surface area is 162 Å². The third kappa shape index (κ3) is 3.88. The quantitative estimate of drug-likeness (QED) is 0.530. The van der Waals surface area contributed by atoms with Gasteiger partial charge in [-0.25, -0.2) is 0 Å². The predicted octanol–water partition coefficient (Wildman–Crippen LogP) is 5.43. The highest BCUT2D eigenvalue weighted by Crippen LogP contribution is 2.42. The third-order valence-corrected chi connectivity index (χ3v) is 6.42. The van der Waals surface area contributed by atoms with Gasteiger partial charge in [-0.3, -0.25) is 15.1 Å². The molecule has 5 heteroatoms. The second-order valence-electron chi connectivity index (χ2n) is 6.85. The number of non-ortho nitro benzene ring substituents is 1. The summed E-state index contributed by atoms with van der Waals surface area (Å²) < 4.78 is 0. The van der Waals surface area contributed by atoms with Crippen LogP contribution >= 0.6 is 11.8 Å². The van der Waals surface area contributed by atoms with Crippen molar-refractivity contribution >= 4 is 23.2 Å². The SMILES string of the molecule is Cc1ccc(C2=N[C@@H]3C=CC=C[C@H]3S[C@@H](c3cccc([N+](=O)[O-])c3)C2)cc1. The Morgan fingerprint density at radius 2 is 1.89 bits per heavy atom. The molecule has 2 aliphatic rings. The lowest BCUT2D eigenvalue weighted by atomic mass is 9.99. The number of thioether (sulfide) groups is 1. The maximum atomic E-state index is 11.2. The van der Waals surface area contributed by atoms with E-state index in [1.54, 1.807) is 18.2 Å². The molecule has 3 atom stereocenters. The number of nitro groups is 1. The van der Waals surface area contributed by atoms with E-state index in [0.29, 0.717) is 0 Å². The van der Waals surface area contributed by atoms with Crippen molar-refractivity contribution in [3.8, 4) is 0 Å². The van der Waals surface area contributed by atoms with E-state index in [1.807, 2.05) is 23.9 Å². The van der Waals surface area contributed by atoms with Gasteiger partial charge in [0.15, 0.2) is 0 Å². The zero-order valence-electron chi connectivity index (χ0n) is 15.0. The minimum atomic E-state index is -0.327. The van der Waals surface area contributed by atoms with Crippen LogP contribution in [0.2, 0.25) is 0 Å². The summed E-state index contributed by atoms with van der Waals surface area (Å²) in [5.74, 6) is 0. The third-order valence-electron chi connectivity index (χ3n) is 4.90. The second-order valence-corrected chi connectivity index (χ2v) is 8.23. The van der Waals surface area contributed by atoms with Crippen LogP contribution in [-0.2, 0) is 0 Å². The van der Waals surface area contributed by atoms with Crippen LogP contribution < -0.4 is 0 Å². The number of aliphatic imine (C=N–C) groups is 1. The Hall–Kier alpha value is -2.66. The van der Waals surface area contributed by atoms with E-state index in [0.717, 1.165) is 23.3 Å². The number of nitro benzene ring substituents is 1. The minimum Gasteiger partial charge on any atom is -0.280 e. The van der Waals surface area contributed by atoms with E-state index in [1.165, 1.54) is 5.56 Å². The molecule has 0 amide bonds. The van der Waals surface area contributed by atoms with Gasteiger partial charge in [-0.05, 0) is 18.1 Å². The molecule has 0 N–H and O–H groups in total. The first kappa shape index (κ1) is 17.7. The summed E-state index contributed by atoms with van der Waals surface area (Å²) in [6.45, 7) is 2.07. The summed E-state index contributed by atoms with van der Waals surface area (Å²) in [6.07, 6.45) is 9.18. The maximum Gasteiger partial charge on any atom is 0.269 e. The summed E-state index contributed by atoms with van der Waals surface area (Å²) in [7, 11) is 0. The van der Waals surface area contributed by atoms with Crippen LogP contribution in [0.4, 0.5) is 5.69 Å². The number of rotatable bonds is 3. The highest BCUT2D eigenvalue weighted by atomic mass is 32.2. The highest BCUT2D eigenvalue weighted by Gasteiger charge is 2.30. The van der Waals surface area contributed by atoms with Crippen molar-refractivity contribution in [1.29, 1.82) is 0 Å². The van der Waals surface area contributed by atoms with Crippen LogP contribution in [0, 0.1) is 17.0 Å². The fourth-order valence-corrected chi connectivity index (χ4v) is 4.87. The molecule has 0 fully saturated rings. The summed E-state index contributed by atoms with van der Waals surface area (Å²) in [5.41, 5.74) is 4.53. The Balaban J connectivity index is 1.73. The van der Waals surface area contributed by atoms with Crippen LogP contribution in [0.5, 0.6) is 0 Å². The minimum absolute atomic E-state index is 0.0972. The van der Waals surface area contributed by atoms with Gasteiger partial charge in [0, 0.05) is 34.8 Å². The molecule has 0 spiro atoms. The van der Waals surface area contributed by atoms with Crippen LogP contribution in [0.1, 0.15) is 28.4 Å². The lowest BCUT2D eigenvalue weighted by Gasteiger charge is -2.22. The fraction of sp³-hybridized carbons (Fsp3) is 0.227. The van der Waals surface area contributed by atoms with Gasteiger partial charge >= 0.3 is 0 Å². The predicted molar refractivity (Wildman–Crippen MR) is 112 cm³/mol. The smallest absolute Gasteiger partial charge is 0.269 e. The topological polar surface area (TPSA) is 55.5 Å². The van der Waals surface area contributed by atoms with Crippen LogP contribution in [0.25, 0.3) is 0 Å². The number of hydrogen-bond donors (Lipinski definition) is 0. The summed E-state index contributed by atoms with van der Waals surface area (Å²) >= 11 is 1.84. The van der Waals surface area contributed by atoms with Gasteiger partial charge < -0.3 is 0 Å². The molecule has 2 aromatic carbocycles. The molecule has 0 bridgehead atoms. The van der Waals surface area contributed by atoms with Gasteiger partial charge in [-0.2, -0.15) is 0 Å².